The van der Waals surface area contributed by atoms with Crippen molar-refractivity contribution in [2.45, 2.75) is 26.8 Å². The lowest BCUT2D eigenvalue weighted by molar-refractivity contribution is -0.128. The van der Waals surface area contributed by atoms with Crippen molar-refractivity contribution < 1.29 is 18.3 Å². The molecule has 0 aromatic heterocycles. The van der Waals surface area contributed by atoms with Crippen molar-refractivity contribution in [1.82, 2.24) is 9.80 Å². The molecule has 1 aromatic carbocycles. The molecule has 2 aliphatic heterocycles. The average Bonchev–Trinajstić information content (AvgIpc) is 2.70. The molecule has 3 rings (SSSR count). The van der Waals surface area contributed by atoms with Gasteiger partial charge in [0.05, 0.1) is 13.2 Å². The average molecular weight is 352 g/mol. The van der Waals surface area contributed by atoms with Crippen LogP contribution in [0.3, 0.4) is 0 Å². The highest BCUT2D eigenvalue weighted by atomic mass is 19.1. The predicted molar refractivity (Wildman–Crippen MR) is 90.9 cm³/mol. The van der Waals surface area contributed by atoms with E-state index < -0.39 is 11.6 Å². The van der Waals surface area contributed by atoms with Gasteiger partial charge in [-0.05, 0) is 24.1 Å². The number of benzene rings is 1. The molecule has 25 heavy (non-hydrogen) atoms. The second-order valence-corrected chi connectivity index (χ2v) is 7.84. The van der Waals surface area contributed by atoms with E-state index in [1.54, 1.807) is 0 Å². The summed E-state index contributed by atoms with van der Waals surface area (Å²) in [7, 11) is 0. The number of ether oxygens (including phenoxy) is 1. The molecule has 1 unspecified atom stereocenters. The highest BCUT2D eigenvalue weighted by molar-refractivity contribution is 5.79. The summed E-state index contributed by atoms with van der Waals surface area (Å²) >= 11 is 0. The Morgan fingerprint density at radius 1 is 1.28 bits per heavy atom. The van der Waals surface area contributed by atoms with Gasteiger partial charge in [-0.2, -0.15) is 0 Å². The van der Waals surface area contributed by atoms with Gasteiger partial charge in [-0.3, -0.25) is 9.69 Å². The van der Waals surface area contributed by atoms with Crippen LogP contribution < -0.4 is 0 Å². The van der Waals surface area contributed by atoms with Crippen molar-refractivity contribution in [3.05, 3.63) is 35.4 Å². The second kappa shape index (κ2) is 7.38. The van der Waals surface area contributed by atoms with Crippen molar-refractivity contribution in [2.75, 3.05) is 39.4 Å². The lowest BCUT2D eigenvalue weighted by atomic mass is 9.87. The molecular weight excluding hydrogens is 326 g/mol. The summed E-state index contributed by atoms with van der Waals surface area (Å²) in [6.45, 7) is 8.33. The third-order valence-electron chi connectivity index (χ3n) is 4.91. The maximum absolute atomic E-state index is 14.0. The Hall–Kier alpha value is -1.53. The molecule has 0 saturated carbocycles. The Bertz CT molecular complexity index is 638. The third kappa shape index (κ3) is 4.36. The van der Waals surface area contributed by atoms with Crippen LogP contribution in [0, 0.1) is 23.0 Å². The zero-order valence-corrected chi connectivity index (χ0v) is 14.9. The van der Waals surface area contributed by atoms with E-state index in [1.807, 2.05) is 4.90 Å². The van der Waals surface area contributed by atoms with Crippen LogP contribution in [-0.2, 0) is 16.1 Å². The van der Waals surface area contributed by atoms with Gasteiger partial charge in [0.15, 0.2) is 0 Å². The first-order valence-electron chi connectivity index (χ1n) is 8.89. The molecular formula is C19H26F2N2O2. The summed E-state index contributed by atoms with van der Waals surface area (Å²) in [6.07, 6.45) is 0.460. The maximum atomic E-state index is 14.0. The van der Waals surface area contributed by atoms with Crippen LogP contribution in [0.25, 0.3) is 0 Å². The molecule has 2 aliphatic rings. The van der Waals surface area contributed by atoms with Gasteiger partial charge < -0.3 is 9.64 Å². The molecule has 6 heteroatoms. The van der Waals surface area contributed by atoms with Gasteiger partial charge in [-0.1, -0.05) is 13.8 Å². The van der Waals surface area contributed by atoms with Crippen molar-refractivity contribution >= 4 is 5.91 Å². The number of amides is 1. The molecule has 1 spiro atoms. The minimum Gasteiger partial charge on any atom is -0.379 e. The zero-order valence-electron chi connectivity index (χ0n) is 14.9. The molecule has 0 radical (unpaired) electrons. The van der Waals surface area contributed by atoms with Gasteiger partial charge in [-0.25, -0.2) is 8.78 Å². The van der Waals surface area contributed by atoms with Crippen LogP contribution in [0.1, 0.15) is 25.8 Å². The van der Waals surface area contributed by atoms with Gasteiger partial charge in [-0.15, -0.1) is 0 Å². The quantitative estimate of drug-likeness (QED) is 0.835. The lowest BCUT2D eigenvalue weighted by Gasteiger charge is -2.31. The molecule has 0 bridgehead atoms. The van der Waals surface area contributed by atoms with E-state index in [1.165, 1.54) is 6.07 Å². The molecule has 4 nitrogen and oxygen atoms in total. The SMILES string of the molecule is CC(C)CN1CC2(COCCN(Cc3cc(F)ccc3F)C2)CC1=O. The monoisotopic (exact) mass is 352 g/mol. The molecule has 1 atom stereocenters. The first-order chi connectivity index (χ1) is 11.9. The molecule has 2 heterocycles. The number of halogens is 2. The Labute approximate surface area is 147 Å². The highest BCUT2D eigenvalue weighted by Gasteiger charge is 2.45. The van der Waals surface area contributed by atoms with E-state index in [2.05, 4.69) is 18.7 Å². The first kappa shape index (κ1) is 18.3. The number of likely N-dealkylation sites (tertiary alicyclic amines) is 1. The Kier molecular flexibility index (Phi) is 5.39. The highest BCUT2D eigenvalue weighted by Crippen LogP contribution is 2.35. The van der Waals surface area contributed by atoms with Gasteiger partial charge in [0.2, 0.25) is 5.91 Å². The van der Waals surface area contributed by atoms with E-state index in [9.17, 15) is 13.6 Å². The molecule has 1 aromatic rings. The van der Waals surface area contributed by atoms with Crippen molar-refractivity contribution in [3.8, 4) is 0 Å². The molecule has 0 aliphatic carbocycles. The van der Waals surface area contributed by atoms with E-state index in [0.29, 0.717) is 57.3 Å². The van der Waals surface area contributed by atoms with Gasteiger partial charge >= 0.3 is 0 Å². The third-order valence-corrected chi connectivity index (χ3v) is 4.91. The number of carbonyl (C=O) groups excluding carboxylic acids is 1. The fourth-order valence-corrected chi connectivity index (χ4v) is 3.91. The van der Waals surface area contributed by atoms with Crippen molar-refractivity contribution in [2.24, 2.45) is 11.3 Å². The molecule has 0 N–H and O–H groups in total. The van der Waals surface area contributed by atoms with E-state index in [0.717, 1.165) is 18.7 Å². The minimum atomic E-state index is -0.434. The summed E-state index contributed by atoms with van der Waals surface area (Å²) in [5.41, 5.74) is 0.0899. The normalized spacial score (nSPS) is 25.2. The second-order valence-electron chi connectivity index (χ2n) is 7.84. The molecule has 1 amide bonds. The van der Waals surface area contributed by atoms with Gasteiger partial charge in [0.25, 0.3) is 0 Å². The Morgan fingerprint density at radius 2 is 2.08 bits per heavy atom. The Morgan fingerprint density at radius 3 is 2.84 bits per heavy atom. The fraction of sp³-hybridized carbons (Fsp3) is 0.632. The van der Waals surface area contributed by atoms with Crippen LogP contribution in [0.4, 0.5) is 8.78 Å². The summed E-state index contributed by atoms with van der Waals surface area (Å²) < 4.78 is 33.2. The number of hydrogen-bond acceptors (Lipinski definition) is 3. The summed E-state index contributed by atoms with van der Waals surface area (Å²) in [6, 6.07) is 3.54. The van der Waals surface area contributed by atoms with Crippen LogP contribution in [0.5, 0.6) is 0 Å². The first-order valence-corrected chi connectivity index (χ1v) is 8.89. The fourth-order valence-electron chi connectivity index (χ4n) is 3.91. The zero-order chi connectivity index (χ0) is 18.0. The van der Waals surface area contributed by atoms with E-state index in [4.69, 9.17) is 4.74 Å². The molecule has 138 valence electrons. The number of hydrogen-bond donors (Lipinski definition) is 0. The van der Waals surface area contributed by atoms with Crippen molar-refractivity contribution in [3.63, 3.8) is 0 Å². The van der Waals surface area contributed by atoms with Crippen LogP contribution in [0.15, 0.2) is 18.2 Å². The van der Waals surface area contributed by atoms with Crippen LogP contribution in [-0.4, -0.2) is 55.1 Å². The topological polar surface area (TPSA) is 32.8 Å². The molecule has 2 saturated heterocycles. The number of nitrogens with zero attached hydrogens (tertiary/aromatic N) is 2. The minimum absolute atomic E-state index is 0.163. The maximum Gasteiger partial charge on any atom is 0.223 e. The van der Waals surface area contributed by atoms with E-state index >= 15 is 0 Å². The summed E-state index contributed by atoms with van der Waals surface area (Å²) in [5.74, 6) is -0.250. The summed E-state index contributed by atoms with van der Waals surface area (Å²) in [4.78, 5) is 16.4. The standard InChI is InChI=1S/C19H26F2N2O2/c1-14(2)9-23-12-19(8-18(23)24)11-22(5-6-25-13-19)10-15-7-16(20)3-4-17(15)21/h3-4,7,14H,5-6,8-13H2,1-2H3. The van der Waals surface area contributed by atoms with Crippen LogP contribution in [0.2, 0.25) is 0 Å². The van der Waals surface area contributed by atoms with Gasteiger partial charge in [0, 0.05) is 50.1 Å². The lowest BCUT2D eigenvalue weighted by Crippen LogP contribution is -2.41. The number of carbonyl (C=O) groups is 1. The molecule has 2 fully saturated rings. The largest absolute Gasteiger partial charge is 0.379 e. The van der Waals surface area contributed by atoms with Gasteiger partial charge in [0.1, 0.15) is 11.6 Å². The van der Waals surface area contributed by atoms with Crippen LogP contribution >= 0.6 is 0 Å². The van der Waals surface area contributed by atoms with E-state index in [-0.39, 0.29) is 11.3 Å². The predicted octanol–water partition coefficient (Wildman–Crippen LogP) is 2.67. The number of rotatable bonds is 4. The van der Waals surface area contributed by atoms with Crippen molar-refractivity contribution in [1.29, 1.82) is 0 Å². The smallest absolute Gasteiger partial charge is 0.223 e. The summed E-state index contributed by atoms with van der Waals surface area (Å²) in [5, 5.41) is 0. The Balaban J connectivity index is 1.73.